The molecule has 0 bridgehead atoms. The molecule has 0 aliphatic carbocycles. The molecule has 2 heterocycles. The van der Waals surface area contributed by atoms with Crippen molar-refractivity contribution < 1.29 is 31.1 Å². The second-order valence-electron chi connectivity index (χ2n) is 7.60. The third-order valence-electron chi connectivity index (χ3n) is 5.26. The summed E-state index contributed by atoms with van der Waals surface area (Å²) >= 11 is 0. The molecule has 0 unspecified atom stereocenters. The van der Waals surface area contributed by atoms with Crippen molar-refractivity contribution in [3.05, 3.63) is 29.8 Å². The van der Waals surface area contributed by atoms with E-state index in [1.54, 1.807) is 12.1 Å². The van der Waals surface area contributed by atoms with Crippen LogP contribution < -0.4 is 5.32 Å². The van der Waals surface area contributed by atoms with E-state index in [4.69, 9.17) is 4.74 Å². The van der Waals surface area contributed by atoms with Gasteiger partial charge in [-0.15, -0.1) is 0 Å². The number of halogens is 3. The Balaban J connectivity index is 1.42. The number of carbonyl (C=O) groups excluding carboxylic acids is 1. The normalized spacial score (nSPS) is 20.0. The Labute approximate surface area is 180 Å². The Morgan fingerprint density at radius 3 is 2.13 bits per heavy atom. The molecule has 0 atom stereocenters. The van der Waals surface area contributed by atoms with Gasteiger partial charge >= 0.3 is 6.18 Å². The van der Waals surface area contributed by atoms with Crippen LogP contribution in [0.15, 0.2) is 29.2 Å². The highest BCUT2D eigenvalue weighted by atomic mass is 32.2. The highest BCUT2D eigenvalue weighted by Gasteiger charge is 2.32. The molecular weight excluding hydrogens is 437 g/mol. The maximum absolute atomic E-state index is 12.6. The van der Waals surface area contributed by atoms with E-state index in [0.29, 0.717) is 39.4 Å². The number of benzene rings is 1. The summed E-state index contributed by atoms with van der Waals surface area (Å²) in [6.45, 7) is 2.17. The average molecular weight is 465 g/mol. The van der Waals surface area contributed by atoms with Crippen molar-refractivity contribution in [3.63, 3.8) is 0 Å². The predicted octanol–water partition coefficient (Wildman–Crippen LogP) is 0.504. The average Bonchev–Trinajstić information content (AvgIpc) is 2.73. The summed E-state index contributed by atoms with van der Waals surface area (Å²) in [5.74, 6) is -0.228. The molecule has 31 heavy (non-hydrogen) atoms. The van der Waals surface area contributed by atoms with Gasteiger partial charge in [0, 0.05) is 45.8 Å². The Kier molecular flexibility index (Phi) is 7.92. The summed E-state index contributed by atoms with van der Waals surface area (Å²) in [6, 6.07) is 6.35. The third kappa shape index (κ3) is 7.14. The van der Waals surface area contributed by atoms with Crippen LogP contribution >= 0.6 is 0 Å². The van der Waals surface area contributed by atoms with Gasteiger partial charge in [-0.25, -0.2) is 8.42 Å². The maximum atomic E-state index is 12.6. The van der Waals surface area contributed by atoms with E-state index >= 15 is 0 Å². The summed E-state index contributed by atoms with van der Waals surface area (Å²) in [5.41, 5.74) is 0.754. The maximum Gasteiger partial charge on any atom is 0.401 e. The molecule has 8 nitrogen and oxygen atoms in total. The fraction of sp³-hybridized carbons (Fsp3) is 0.632. The summed E-state index contributed by atoms with van der Waals surface area (Å²) < 4.78 is 69.1. The molecule has 0 aromatic heterocycles. The first-order chi connectivity index (χ1) is 14.6. The van der Waals surface area contributed by atoms with Crippen molar-refractivity contribution in [2.45, 2.75) is 17.6 Å². The van der Waals surface area contributed by atoms with Crippen LogP contribution in [0.4, 0.5) is 13.2 Å². The molecule has 1 amide bonds. The molecule has 174 valence electrons. The molecule has 12 heteroatoms. The molecule has 1 N–H and O–H groups in total. The highest BCUT2D eigenvalue weighted by molar-refractivity contribution is 7.89. The van der Waals surface area contributed by atoms with Crippen molar-refractivity contribution in [1.29, 1.82) is 0 Å². The zero-order valence-electron chi connectivity index (χ0n) is 17.1. The monoisotopic (exact) mass is 464 g/mol. The number of morpholine rings is 1. The van der Waals surface area contributed by atoms with Crippen LogP contribution in [0.25, 0.3) is 0 Å². The van der Waals surface area contributed by atoms with E-state index < -0.39 is 22.7 Å². The van der Waals surface area contributed by atoms with E-state index in [2.05, 4.69) is 5.32 Å². The molecule has 2 fully saturated rings. The second-order valence-corrected chi connectivity index (χ2v) is 9.54. The first-order valence-corrected chi connectivity index (χ1v) is 11.5. The SMILES string of the molecule is O=C(CN1CCN(CC(F)(F)F)CC1)NCc1ccc(S(=O)(=O)N2CCOCC2)cc1. The standard InChI is InChI=1S/C19H27F3N4O4S/c20-19(21,22)15-25-7-5-24(6-8-25)14-18(27)23-13-16-1-3-17(4-2-16)31(28,29)26-9-11-30-12-10-26/h1-4H,5-15H2,(H,23,27). The van der Waals surface area contributed by atoms with Gasteiger partial charge in [-0.05, 0) is 17.7 Å². The molecular formula is C19H27F3N4O4S. The molecule has 0 radical (unpaired) electrons. The van der Waals surface area contributed by atoms with Crippen LogP contribution in [-0.4, -0.2) is 100 Å². The minimum atomic E-state index is -4.21. The third-order valence-corrected chi connectivity index (χ3v) is 7.17. The largest absolute Gasteiger partial charge is 0.401 e. The molecule has 1 aromatic rings. The molecule has 1 aromatic carbocycles. The predicted molar refractivity (Wildman–Crippen MR) is 107 cm³/mol. The number of carbonyl (C=O) groups is 1. The number of hydrogen-bond donors (Lipinski definition) is 1. The lowest BCUT2D eigenvalue weighted by Gasteiger charge is -2.34. The zero-order valence-corrected chi connectivity index (χ0v) is 17.9. The minimum absolute atomic E-state index is 0.114. The van der Waals surface area contributed by atoms with E-state index in [9.17, 15) is 26.4 Å². The molecule has 2 saturated heterocycles. The fourth-order valence-corrected chi connectivity index (χ4v) is 4.94. The summed E-state index contributed by atoms with van der Waals surface area (Å²) in [5, 5.41) is 2.77. The summed E-state index contributed by atoms with van der Waals surface area (Å²) in [4.78, 5) is 15.5. The molecule has 3 rings (SSSR count). The Morgan fingerprint density at radius 1 is 0.968 bits per heavy atom. The summed E-state index contributed by atoms with van der Waals surface area (Å²) in [7, 11) is -3.56. The van der Waals surface area contributed by atoms with E-state index in [0.717, 1.165) is 5.56 Å². The van der Waals surface area contributed by atoms with Gasteiger partial charge in [0.15, 0.2) is 0 Å². The number of sulfonamides is 1. The van der Waals surface area contributed by atoms with Gasteiger partial charge in [-0.2, -0.15) is 17.5 Å². The molecule has 2 aliphatic heterocycles. The Morgan fingerprint density at radius 2 is 1.55 bits per heavy atom. The Bertz CT molecular complexity index is 835. The highest BCUT2D eigenvalue weighted by Crippen LogP contribution is 2.18. The quantitative estimate of drug-likeness (QED) is 0.633. The first-order valence-electron chi connectivity index (χ1n) is 10.1. The topological polar surface area (TPSA) is 82.2 Å². The van der Waals surface area contributed by atoms with E-state index in [-0.39, 0.29) is 37.0 Å². The summed E-state index contributed by atoms with van der Waals surface area (Å²) in [6.07, 6.45) is -4.21. The Hall–Kier alpha value is -1.73. The lowest BCUT2D eigenvalue weighted by Crippen LogP contribution is -2.51. The number of hydrogen-bond acceptors (Lipinski definition) is 6. The first kappa shape index (κ1) is 23.9. The van der Waals surface area contributed by atoms with Gasteiger partial charge < -0.3 is 10.1 Å². The lowest BCUT2D eigenvalue weighted by molar-refractivity contribution is -0.150. The second kappa shape index (κ2) is 10.3. The minimum Gasteiger partial charge on any atom is -0.379 e. The van der Waals surface area contributed by atoms with Crippen molar-refractivity contribution in [2.75, 3.05) is 65.6 Å². The molecule has 0 spiro atoms. The molecule has 0 saturated carbocycles. The number of nitrogens with one attached hydrogen (secondary N) is 1. The van der Waals surface area contributed by atoms with Crippen LogP contribution in [-0.2, 0) is 26.1 Å². The van der Waals surface area contributed by atoms with Crippen LogP contribution in [0, 0.1) is 0 Å². The van der Waals surface area contributed by atoms with Crippen LogP contribution in [0.3, 0.4) is 0 Å². The van der Waals surface area contributed by atoms with Gasteiger partial charge in [0.25, 0.3) is 0 Å². The van der Waals surface area contributed by atoms with Crippen LogP contribution in [0.2, 0.25) is 0 Å². The number of nitrogens with zero attached hydrogens (tertiary/aromatic N) is 3. The smallest absolute Gasteiger partial charge is 0.379 e. The van der Waals surface area contributed by atoms with Crippen molar-refractivity contribution in [1.82, 2.24) is 19.4 Å². The number of piperazine rings is 1. The van der Waals surface area contributed by atoms with Crippen LogP contribution in [0.5, 0.6) is 0 Å². The van der Waals surface area contributed by atoms with Crippen molar-refractivity contribution in [2.24, 2.45) is 0 Å². The van der Waals surface area contributed by atoms with Gasteiger partial charge in [0.1, 0.15) is 0 Å². The zero-order chi connectivity index (χ0) is 22.5. The fourth-order valence-electron chi connectivity index (χ4n) is 3.53. The van der Waals surface area contributed by atoms with Gasteiger partial charge in [-0.3, -0.25) is 14.6 Å². The number of amides is 1. The van der Waals surface area contributed by atoms with Crippen molar-refractivity contribution in [3.8, 4) is 0 Å². The van der Waals surface area contributed by atoms with Gasteiger partial charge in [0.2, 0.25) is 15.9 Å². The van der Waals surface area contributed by atoms with Gasteiger partial charge in [-0.1, -0.05) is 12.1 Å². The lowest BCUT2D eigenvalue weighted by atomic mass is 10.2. The van der Waals surface area contributed by atoms with Crippen LogP contribution in [0.1, 0.15) is 5.56 Å². The van der Waals surface area contributed by atoms with E-state index in [1.165, 1.54) is 21.3 Å². The van der Waals surface area contributed by atoms with E-state index in [1.807, 2.05) is 4.90 Å². The number of rotatable bonds is 7. The molecule has 2 aliphatic rings. The number of ether oxygens (including phenoxy) is 1. The number of alkyl halides is 3. The van der Waals surface area contributed by atoms with Crippen molar-refractivity contribution >= 4 is 15.9 Å². The van der Waals surface area contributed by atoms with Gasteiger partial charge in [0.05, 0.1) is 31.2 Å².